The van der Waals surface area contributed by atoms with Crippen molar-refractivity contribution < 1.29 is 0 Å². The summed E-state index contributed by atoms with van der Waals surface area (Å²) in [4.78, 5) is 2.39. The topological polar surface area (TPSA) is 15.3 Å². The maximum atomic E-state index is 3.58. The van der Waals surface area contributed by atoms with Crippen LogP contribution in [0.5, 0.6) is 0 Å². The summed E-state index contributed by atoms with van der Waals surface area (Å²) in [5.74, 6) is 0. The number of anilines is 5. The van der Waals surface area contributed by atoms with E-state index >= 15 is 0 Å². The van der Waals surface area contributed by atoms with Crippen molar-refractivity contribution in [1.29, 1.82) is 0 Å². The molecule has 188 valence electrons. The lowest BCUT2D eigenvalue weighted by Crippen LogP contribution is -2.17. The number of para-hydroxylation sites is 2. The van der Waals surface area contributed by atoms with E-state index in [0.29, 0.717) is 0 Å². The molecule has 2 nitrogen and oxygen atoms in total. The third-order valence-corrected chi connectivity index (χ3v) is 8.00. The smallest absolute Gasteiger partial charge is 0.0540 e. The highest BCUT2D eigenvalue weighted by molar-refractivity contribution is 5.99. The Labute approximate surface area is 230 Å². The fraction of sp³-hybridized carbons (Fsp3) is 0.0811. The van der Waals surface area contributed by atoms with E-state index in [1.165, 1.54) is 44.4 Å². The zero-order valence-electron chi connectivity index (χ0n) is 22.2. The highest BCUT2D eigenvalue weighted by Gasteiger charge is 2.36. The molecule has 6 aromatic carbocycles. The van der Waals surface area contributed by atoms with Crippen molar-refractivity contribution in [2.45, 2.75) is 19.3 Å². The van der Waals surface area contributed by atoms with Crippen molar-refractivity contribution in [2.75, 3.05) is 10.2 Å². The van der Waals surface area contributed by atoms with Crippen LogP contribution in [0.25, 0.3) is 21.9 Å². The number of benzene rings is 6. The molecule has 1 aliphatic rings. The third kappa shape index (κ3) is 3.97. The molecule has 0 spiro atoms. The van der Waals surface area contributed by atoms with Gasteiger partial charge in [-0.05, 0) is 82.2 Å². The molecule has 0 bridgehead atoms. The molecule has 0 atom stereocenters. The van der Waals surface area contributed by atoms with Crippen LogP contribution in [0.4, 0.5) is 28.4 Å². The Balaban J connectivity index is 1.35. The highest BCUT2D eigenvalue weighted by Crippen LogP contribution is 2.51. The number of hydrogen-bond acceptors (Lipinski definition) is 2. The quantitative estimate of drug-likeness (QED) is 0.252. The number of fused-ring (bicyclic) bond motifs is 4. The van der Waals surface area contributed by atoms with Crippen LogP contribution in [0.3, 0.4) is 0 Å². The minimum Gasteiger partial charge on any atom is -0.356 e. The molecule has 0 heterocycles. The molecule has 6 aromatic rings. The first-order chi connectivity index (χ1) is 19.1. The van der Waals surface area contributed by atoms with Crippen LogP contribution in [-0.2, 0) is 5.41 Å². The van der Waals surface area contributed by atoms with Gasteiger partial charge in [0.1, 0.15) is 0 Å². The van der Waals surface area contributed by atoms with Crippen LogP contribution in [0.15, 0.2) is 140 Å². The summed E-state index contributed by atoms with van der Waals surface area (Å²) < 4.78 is 0. The fourth-order valence-electron chi connectivity index (χ4n) is 6.04. The van der Waals surface area contributed by atoms with Gasteiger partial charge in [0.2, 0.25) is 0 Å². The number of nitrogens with zero attached hydrogens (tertiary/aromatic N) is 1. The molecular formula is C37H30N2. The standard InChI is InChI=1S/C37H30N2/c1-37(2)34-24-28(38-27-14-5-3-6-15-27)20-22-32(34)33-23-21-30(25-35(33)37)39(29-16-7-4-8-17-29)36-19-11-13-26-12-9-10-18-31(26)36/h3-25,38H,1-2H3. The second kappa shape index (κ2) is 9.18. The summed E-state index contributed by atoms with van der Waals surface area (Å²) in [7, 11) is 0. The molecule has 0 saturated carbocycles. The maximum absolute atomic E-state index is 3.58. The first kappa shape index (κ1) is 23.3. The molecule has 0 saturated heterocycles. The molecule has 1 aliphatic carbocycles. The molecule has 2 heteroatoms. The van der Waals surface area contributed by atoms with Crippen LogP contribution < -0.4 is 10.2 Å². The average Bonchev–Trinajstić information content (AvgIpc) is 3.20. The lowest BCUT2D eigenvalue weighted by molar-refractivity contribution is 0.660. The van der Waals surface area contributed by atoms with Crippen molar-refractivity contribution in [2.24, 2.45) is 0 Å². The largest absolute Gasteiger partial charge is 0.356 e. The summed E-state index contributed by atoms with van der Waals surface area (Å²) in [6, 6.07) is 50.0. The van der Waals surface area contributed by atoms with Crippen molar-refractivity contribution >= 4 is 39.2 Å². The van der Waals surface area contributed by atoms with Crippen molar-refractivity contribution in [1.82, 2.24) is 0 Å². The molecule has 0 unspecified atom stereocenters. The molecule has 39 heavy (non-hydrogen) atoms. The normalized spacial score (nSPS) is 13.1. The monoisotopic (exact) mass is 502 g/mol. The molecule has 0 aromatic heterocycles. The van der Waals surface area contributed by atoms with E-state index in [1.807, 2.05) is 6.07 Å². The Kier molecular flexibility index (Phi) is 5.49. The van der Waals surface area contributed by atoms with Gasteiger partial charge < -0.3 is 10.2 Å². The second-order valence-corrected chi connectivity index (χ2v) is 10.8. The van der Waals surface area contributed by atoms with Crippen molar-refractivity contribution in [3.8, 4) is 11.1 Å². The predicted octanol–water partition coefficient (Wildman–Crippen LogP) is 10.4. The molecule has 0 fully saturated rings. The van der Waals surface area contributed by atoms with E-state index in [4.69, 9.17) is 0 Å². The summed E-state index contributed by atoms with van der Waals surface area (Å²) in [6.07, 6.45) is 0. The zero-order chi connectivity index (χ0) is 26.4. The van der Waals surface area contributed by atoms with Crippen LogP contribution in [0, 0.1) is 0 Å². The van der Waals surface area contributed by atoms with Gasteiger partial charge in [0.15, 0.2) is 0 Å². The molecule has 1 N–H and O–H groups in total. The minimum absolute atomic E-state index is 0.129. The van der Waals surface area contributed by atoms with Gasteiger partial charge in [0.05, 0.1) is 5.69 Å². The number of hydrogen-bond donors (Lipinski definition) is 1. The van der Waals surface area contributed by atoms with Crippen LogP contribution in [0.1, 0.15) is 25.0 Å². The Morgan fingerprint density at radius 2 is 1.15 bits per heavy atom. The maximum Gasteiger partial charge on any atom is 0.0540 e. The van der Waals surface area contributed by atoms with Crippen molar-refractivity contribution in [3.05, 3.63) is 151 Å². The second-order valence-electron chi connectivity index (χ2n) is 10.8. The van der Waals surface area contributed by atoms with Crippen LogP contribution in [0.2, 0.25) is 0 Å². The highest BCUT2D eigenvalue weighted by atomic mass is 15.1. The van der Waals surface area contributed by atoms with Gasteiger partial charge in [-0.15, -0.1) is 0 Å². The van der Waals surface area contributed by atoms with Crippen molar-refractivity contribution in [3.63, 3.8) is 0 Å². The van der Waals surface area contributed by atoms with Gasteiger partial charge >= 0.3 is 0 Å². The van der Waals surface area contributed by atoms with Gasteiger partial charge in [-0.2, -0.15) is 0 Å². The summed E-state index contributed by atoms with van der Waals surface area (Å²) in [5, 5.41) is 6.06. The van der Waals surface area contributed by atoms with E-state index in [2.05, 4.69) is 158 Å². The molecule has 7 rings (SSSR count). The fourth-order valence-corrected chi connectivity index (χ4v) is 6.04. The Morgan fingerprint density at radius 1 is 0.513 bits per heavy atom. The third-order valence-electron chi connectivity index (χ3n) is 8.00. The predicted molar refractivity (Wildman–Crippen MR) is 166 cm³/mol. The number of rotatable bonds is 5. The Hall–Kier alpha value is -4.82. The number of nitrogens with one attached hydrogen (secondary N) is 1. The van der Waals surface area contributed by atoms with Gasteiger partial charge in [0, 0.05) is 33.6 Å². The van der Waals surface area contributed by atoms with Crippen LogP contribution in [-0.4, -0.2) is 0 Å². The van der Waals surface area contributed by atoms with Gasteiger partial charge in [-0.1, -0.05) is 98.8 Å². The van der Waals surface area contributed by atoms with E-state index < -0.39 is 0 Å². The SMILES string of the molecule is CC1(C)c2cc(Nc3ccccc3)ccc2-c2ccc(N(c3ccccc3)c3cccc4ccccc34)cc21. The molecule has 0 radical (unpaired) electrons. The van der Waals surface area contributed by atoms with Gasteiger partial charge in [-0.3, -0.25) is 0 Å². The Bertz CT molecular complexity index is 1800. The van der Waals surface area contributed by atoms with E-state index in [0.717, 1.165) is 17.1 Å². The first-order valence-corrected chi connectivity index (χ1v) is 13.5. The van der Waals surface area contributed by atoms with Gasteiger partial charge in [0.25, 0.3) is 0 Å². The molecular weight excluding hydrogens is 472 g/mol. The Morgan fingerprint density at radius 3 is 1.95 bits per heavy atom. The van der Waals surface area contributed by atoms with Gasteiger partial charge in [-0.25, -0.2) is 0 Å². The summed E-state index contributed by atoms with van der Waals surface area (Å²) in [5.41, 5.74) is 10.9. The van der Waals surface area contributed by atoms with E-state index in [-0.39, 0.29) is 5.41 Å². The van der Waals surface area contributed by atoms with Crippen LogP contribution >= 0.6 is 0 Å². The lowest BCUT2D eigenvalue weighted by Gasteiger charge is -2.29. The lowest BCUT2D eigenvalue weighted by atomic mass is 9.82. The minimum atomic E-state index is -0.129. The first-order valence-electron chi connectivity index (χ1n) is 13.5. The molecule has 0 amide bonds. The summed E-state index contributed by atoms with van der Waals surface area (Å²) >= 11 is 0. The van der Waals surface area contributed by atoms with E-state index in [9.17, 15) is 0 Å². The molecule has 0 aliphatic heterocycles. The average molecular weight is 503 g/mol. The summed E-state index contributed by atoms with van der Waals surface area (Å²) in [6.45, 7) is 4.69. The zero-order valence-corrected chi connectivity index (χ0v) is 22.2. The van der Waals surface area contributed by atoms with E-state index in [1.54, 1.807) is 0 Å².